The Balaban J connectivity index is 0.000000117. The lowest BCUT2D eigenvalue weighted by atomic mass is 9.97. The van der Waals surface area contributed by atoms with Gasteiger partial charge < -0.3 is 0 Å². The maximum absolute atomic E-state index is 2.27. The van der Waals surface area contributed by atoms with E-state index in [1.165, 1.54) is 114 Å². The van der Waals surface area contributed by atoms with Gasteiger partial charge in [0.1, 0.15) is 0 Å². The summed E-state index contributed by atoms with van der Waals surface area (Å²) in [5.41, 5.74) is 19.3. The first-order valence-electron chi connectivity index (χ1n) is 24.1. The summed E-state index contributed by atoms with van der Waals surface area (Å²) in [7, 11) is 0. The lowest BCUT2D eigenvalue weighted by Crippen LogP contribution is -1.84. The van der Waals surface area contributed by atoms with Crippen molar-refractivity contribution in [3.63, 3.8) is 0 Å². The molecule has 0 unspecified atom stereocenters. The van der Waals surface area contributed by atoms with Crippen LogP contribution in [0.3, 0.4) is 0 Å². The Kier molecular flexibility index (Phi) is 15.0. The van der Waals surface area contributed by atoms with Gasteiger partial charge in [0.05, 0.1) is 0 Å². The van der Waals surface area contributed by atoms with Crippen molar-refractivity contribution in [2.24, 2.45) is 0 Å². The number of aryl methyl sites for hydroxylation is 5. The third-order valence-electron chi connectivity index (χ3n) is 12.6. The summed E-state index contributed by atoms with van der Waals surface area (Å²) in [6.07, 6.45) is 0. The molecule has 1 heteroatoms. The molecule has 12 rings (SSSR count). The second kappa shape index (κ2) is 22.3. The van der Waals surface area contributed by atoms with Crippen LogP contribution < -0.4 is 0 Å². The highest BCUT2D eigenvalue weighted by atomic mass is 32.1. The smallest absolute Gasteiger partial charge is 0.0384 e. The zero-order valence-corrected chi connectivity index (χ0v) is 41.6. The van der Waals surface area contributed by atoms with Gasteiger partial charge in [0.15, 0.2) is 0 Å². The highest BCUT2D eigenvalue weighted by molar-refractivity contribution is 7.26. The van der Waals surface area contributed by atoms with Crippen LogP contribution in [0.25, 0.3) is 86.6 Å². The number of hydrogen-bond donors (Lipinski definition) is 0. The summed E-state index contributed by atoms with van der Waals surface area (Å²) in [5.74, 6) is 0. The van der Waals surface area contributed by atoms with Crippen molar-refractivity contribution in [2.75, 3.05) is 0 Å². The molecule has 340 valence electrons. The molecule has 0 aliphatic carbocycles. The molecule has 0 radical (unpaired) electrons. The number of benzene rings is 11. The Labute approximate surface area is 418 Å². The molecule has 0 spiro atoms. The minimum atomic E-state index is 1.27. The molecule has 1 heterocycles. The van der Waals surface area contributed by atoms with Crippen LogP contribution in [-0.4, -0.2) is 0 Å². The minimum absolute atomic E-state index is 1.27. The van der Waals surface area contributed by atoms with Gasteiger partial charge in [-0.3, -0.25) is 0 Å². The molecule has 0 bridgehead atoms. The van der Waals surface area contributed by atoms with Crippen molar-refractivity contribution in [2.45, 2.75) is 34.6 Å². The molecule has 0 aliphatic heterocycles. The van der Waals surface area contributed by atoms with Crippen LogP contribution in [0.5, 0.6) is 0 Å². The third kappa shape index (κ3) is 11.8. The van der Waals surface area contributed by atoms with E-state index in [0.717, 1.165) is 0 Å². The number of hydrogen-bond acceptors (Lipinski definition) is 1. The van der Waals surface area contributed by atoms with E-state index >= 15 is 0 Å². The van der Waals surface area contributed by atoms with E-state index in [-0.39, 0.29) is 0 Å². The second-order valence-electron chi connectivity index (χ2n) is 18.1. The van der Waals surface area contributed by atoms with E-state index in [1.54, 1.807) is 0 Å². The second-order valence-corrected chi connectivity index (χ2v) is 19.2. The van der Waals surface area contributed by atoms with E-state index in [0.29, 0.717) is 0 Å². The largest absolute Gasteiger partial charge is 0.135 e. The summed E-state index contributed by atoms with van der Waals surface area (Å²) < 4.78 is 2.81. The van der Waals surface area contributed by atoms with Crippen molar-refractivity contribution in [1.29, 1.82) is 0 Å². The molecule has 1 aromatic heterocycles. The van der Waals surface area contributed by atoms with Gasteiger partial charge in [0.2, 0.25) is 0 Å². The Bertz CT molecular complexity index is 3520. The van der Waals surface area contributed by atoms with Crippen molar-refractivity contribution in [1.82, 2.24) is 0 Å². The van der Waals surface area contributed by atoms with Crippen LogP contribution >= 0.6 is 11.3 Å². The van der Waals surface area contributed by atoms with Gasteiger partial charge in [0, 0.05) is 20.2 Å². The van der Waals surface area contributed by atoms with Crippen LogP contribution in [0.1, 0.15) is 27.8 Å². The standard InChI is InChI=1S/C20H18.C19H16.C17H14.C13H10S/c1-15-6-3-8-17(12-15)19-10-5-11-20(14-19)18-9-4-7-16(2)13-18;1-15-12-18(16-8-4-2-5-9-16)14-19(13-15)17-10-6-3-7-11-17;1-13-7-8-17-12-16(10-9-15(17)11-13)14-5-3-2-4-6-14;1-9-5-4-7-11-10-6-2-3-8-12(10)14-13(9)11/h3-14H,1-2H3;2-14H,1H3;2-12H,1H3;2-8H,1H3. The summed E-state index contributed by atoms with van der Waals surface area (Å²) in [4.78, 5) is 0. The lowest BCUT2D eigenvalue weighted by molar-refractivity contribution is 1.46. The van der Waals surface area contributed by atoms with Gasteiger partial charge in [-0.2, -0.15) is 0 Å². The van der Waals surface area contributed by atoms with Crippen molar-refractivity contribution in [3.8, 4) is 55.6 Å². The minimum Gasteiger partial charge on any atom is -0.135 e. The zero-order chi connectivity index (χ0) is 48.2. The fourth-order valence-corrected chi connectivity index (χ4v) is 10.1. The SMILES string of the molecule is Cc1cc(-c2ccccc2)cc(-c2ccccc2)c1.Cc1ccc2cc(-c3ccccc3)ccc2c1.Cc1cccc(-c2cccc(-c3cccc(C)c3)c2)c1.Cc1cccc2c1sc1ccccc12. The van der Waals surface area contributed by atoms with E-state index in [9.17, 15) is 0 Å². The van der Waals surface area contributed by atoms with E-state index in [4.69, 9.17) is 0 Å². The van der Waals surface area contributed by atoms with Gasteiger partial charge in [-0.15, -0.1) is 11.3 Å². The molecule has 11 aromatic carbocycles. The lowest BCUT2D eigenvalue weighted by Gasteiger charge is -2.08. The van der Waals surface area contributed by atoms with Crippen LogP contribution in [0.2, 0.25) is 0 Å². The predicted octanol–water partition coefficient (Wildman–Crippen LogP) is 20.1. The molecule has 0 saturated carbocycles. The fourth-order valence-electron chi connectivity index (χ4n) is 8.97. The summed E-state index contributed by atoms with van der Waals surface area (Å²) in [5, 5.41) is 5.39. The molecule has 0 amide bonds. The van der Waals surface area contributed by atoms with Crippen LogP contribution in [0.15, 0.2) is 261 Å². The molecular formula is C69H58S. The van der Waals surface area contributed by atoms with Crippen LogP contribution in [-0.2, 0) is 0 Å². The first kappa shape index (κ1) is 47.0. The highest BCUT2D eigenvalue weighted by Crippen LogP contribution is 2.35. The molecule has 0 saturated heterocycles. The molecule has 0 nitrogen and oxygen atoms in total. The number of rotatable bonds is 5. The first-order chi connectivity index (χ1) is 34.2. The summed E-state index contributed by atoms with van der Waals surface area (Å²) in [6.45, 7) is 10.7. The summed E-state index contributed by atoms with van der Waals surface area (Å²) in [6, 6.07) is 92.7. The summed E-state index contributed by atoms with van der Waals surface area (Å²) >= 11 is 1.89. The van der Waals surface area contributed by atoms with Gasteiger partial charge in [-0.05, 0) is 136 Å². The maximum Gasteiger partial charge on any atom is 0.0384 e. The fraction of sp³-hybridized carbons (Fsp3) is 0.0725. The maximum atomic E-state index is 2.27. The Morgan fingerprint density at radius 3 is 1.19 bits per heavy atom. The Morgan fingerprint density at radius 1 is 0.229 bits per heavy atom. The van der Waals surface area contributed by atoms with Gasteiger partial charge >= 0.3 is 0 Å². The highest BCUT2D eigenvalue weighted by Gasteiger charge is 2.07. The zero-order valence-electron chi connectivity index (χ0n) is 40.7. The monoisotopic (exact) mass is 918 g/mol. The Hall–Kier alpha value is -8.10. The molecule has 0 aliphatic rings. The topological polar surface area (TPSA) is 0 Å². The average molecular weight is 919 g/mol. The van der Waals surface area contributed by atoms with E-state index in [2.05, 4.69) is 289 Å². The predicted molar refractivity (Wildman–Crippen MR) is 307 cm³/mol. The van der Waals surface area contributed by atoms with Crippen molar-refractivity contribution < 1.29 is 0 Å². The van der Waals surface area contributed by atoms with Gasteiger partial charge in [-0.25, -0.2) is 0 Å². The number of fused-ring (bicyclic) bond motifs is 4. The first-order valence-corrected chi connectivity index (χ1v) is 25.0. The molecular weight excluding hydrogens is 861 g/mol. The van der Waals surface area contributed by atoms with Crippen molar-refractivity contribution in [3.05, 3.63) is 289 Å². The molecule has 0 fully saturated rings. The molecule has 70 heavy (non-hydrogen) atoms. The van der Waals surface area contributed by atoms with E-state index < -0.39 is 0 Å². The normalized spacial score (nSPS) is 10.6. The molecule has 12 aromatic rings. The average Bonchev–Trinajstić information content (AvgIpc) is 3.80. The molecule has 0 atom stereocenters. The van der Waals surface area contributed by atoms with Crippen molar-refractivity contribution >= 4 is 42.3 Å². The Morgan fingerprint density at radius 2 is 0.614 bits per heavy atom. The quantitative estimate of drug-likeness (QED) is 0.161. The third-order valence-corrected chi connectivity index (χ3v) is 13.9. The number of thiophene rings is 1. The van der Waals surface area contributed by atoms with Gasteiger partial charge in [-0.1, -0.05) is 253 Å². The van der Waals surface area contributed by atoms with E-state index in [1.807, 2.05) is 17.4 Å². The van der Waals surface area contributed by atoms with Crippen LogP contribution in [0, 0.1) is 34.6 Å². The molecule has 0 N–H and O–H groups in total. The van der Waals surface area contributed by atoms with Crippen LogP contribution in [0.4, 0.5) is 0 Å². The van der Waals surface area contributed by atoms with Gasteiger partial charge in [0.25, 0.3) is 0 Å².